The summed E-state index contributed by atoms with van der Waals surface area (Å²) in [5.74, 6) is 0. The number of aryl methyl sites for hydroxylation is 1. The van der Waals surface area contributed by atoms with Crippen molar-refractivity contribution in [2.24, 2.45) is 0 Å². The molecule has 0 atom stereocenters. The summed E-state index contributed by atoms with van der Waals surface area (Å²) in [6, 6.07) is 12.3. The molecule has 0 aliphatic heterocycles. The van der Waals surface area contributed by atoms with Crippen molar-refractivity contribution in [1.29, 1.82) is 0 Å². The molecule has 0 unspecified atom stereocenters. The molecular formula is C21H19N5. The van der Waals surface area contributed by atoms with Crippen LogP contribution in [-0.4, -0.2) is 20.2 Å². The van der Waals surface area contributed by atoms with Gasteiger partial charge in [0.05, 0.1) is 23.1 Å². The van der Waals surface area contributed by atoms with Crippen LogP contribution in [-0.2, 0) is 6.42 Å². The van der Waals surface area contributed by atoms with Crippen molar-refractivity contribution in [3.8, 4) is 11.1 Å². The number of hydrogen-bond donors (Lipinski definition) is 2. The zero-order chi connectivity index (χ0) is 17.9. The number of benzene rings is 1. The second-order valence-electron chi connectivity index (χ2n) is 6.11. The Morgan fingerprint density at radius 3 is 2.81 bits per heavy atom. The van der Waals surface area contributed by atoms with E-state index in [4.69, 9.17) is 0 Å². The van der Waals surface area contributed by atoms with Gasteiger partial charge in [0.2, 0.25) is 0 Å². The van der Waals surface area contributed by atoms with E-state index in [1.807, 2.05) is 30.6 Å². The molecule has 5 heteroatoms. The second kappa shape index (κ2) is 6.80. The summed E-state index contributed by atoms with van der Waals surface area (Å²) >= 11 is 0. The van der Waals surface area contributed by atoms with E-state index in [1.54, 1.807) is 12.4 Å². The van der Waals surface area contributed by atoms with Gasteiger partial charge in [0, 0.05) is 29.5 Å². The van der Waals surface area contributed by atoms with Crippen LogP contribution < -0.4 is 5.32 Å². The van der Waals surface area contributed by atoms with Gasteiger partial charge < -0.3 is 5.32 Å². The van der Waals surface area contributed by atoms with Crippen LogP contribution >= 0.6 is 0 Å². The molecule has 0 radical (unpaired) electrons. The van der Waals surface area contributed by atoms with Gasteiger partial charge in [-0.2, -0.15) is 5.10 Å². The van der Waals surface area contributed by atoms with E-state index in [-0.39, 0.29) is 0 Å². The van der Waals surface area contributed by atoms with Gasteiger partial charge in [-0.25, -0.2) is 0 Å². The first-order valence-electron chi connectivity index (χ1n) is 8.53. The third kappa shape index (κ3) is 3.07. The quantitative estimate of drug-likeness (QED) is 0.554. The van der Waals surface area contributed by atoms with Gasteiger partial charge in [-0.3, -0.25) is 15.1 Å². The van der Waals surface area contributed by atoms with Crippen molar-refractivity contribution in [3.63, 3.8) is 0 Å². The first-order chi connectivity index (χ1) is 12.7. The van der Waals surface area contributed by atoms with Gasteiger partial charge in [0.15, 0.2) is 0 Å². The van der Waals surface area contributed by atoms with Gasteiger partial charge in [-0.1, -0.05) is 25.6 Å². The molecule has 0 amide bonds. The van der Waals surface area contributed by atoms with Gasteiger partial charge in [0.25, 0.3) is 0 Å². The average molecular weight is 341 g/mol. The SMILES string of the molecule is C=C(Nc1cncc(CC)c1)c1n[nH]c2ccc(-c3cccnc3)cc12. The summed E-state index contributed by atoms with van der Waals surface area (Å²) in [7, 11) is 0. The Morgan fingerprint density at radius 1 is 1.08 bits per heavy atom. The molecule has 128 valence electrons. The lowest BCUT2D eigenvalue weighted by Crippen LogP contribution is -1.99. The maximum Gasteiger partial charge on any atom is 0.116 e. The average Bonchev–Trinajstić information content (AvgIpc) is 3.12. The molecule has 2 N–H and O–H groups in total. The van der Waals surface area contributed by atoms with E-state index in [0.717, 1.165) is 45.5 Å². The summed E-state index contributed by atoms with van der Waals surface area (Å²) in [6.45, 7) is 6.27. The van der Waals surface area contributed by atoms with E-state index in [9.17, 15) is 0 Å². The zero-order valence-electron chi connectivity index (χ0n) is 14.5. The van der Waals surface area contributed by atoms with Crippen LogP contribution in [0.5, 0.6) is 0 Å². The molecule has 5 nitrogen and oxygen atoms in total. The van der Waals surface area contributed by atoms with E-state index < -0.39 is 0 Å². The number of anilines is 1. The van der Waals surface area contributed by atoms with Crippen molar-refractivity contribution in [2.45, 2.75) is 13.3 Å². The predicted molar refractivity (Wildman–Crippen MR) is 106 cm³/mol. The van der Waals surface area contributed by atoms with Crippen LogP contribution in [0.4, 0.5) is 5.69 Å². The van der Waals surface area contributed by atoms with Crippen LogP contribution in [0, 0.1) is 0 Å². The monoisotopic (exact) mass is 341 g/mol. The third-order valence-electron chi connectivity index (χ3n) is 4.34. The molecule has 0 bridgehead atoms. The number of H-pyrrole nitrogens is 1. The number of nitrogens with zero attached hydrogens (tertiary/aromatic N) is 3. The molecule has 4 aromatic rings. The number of aromatic nitrogens is 4. The van der Waals surface area contributed by atoms with Gasteiger partial charge in [-0.15, -0.1) is 0 Å². The highest BCUT2D eigenvalue weighted by molar-refractivity contribution is 5.94. The summed E-state index contributed by atoms with van der Waals surface area (Å²) in [6.07, 6.45) is 8.23. The van der Waals surface area contributed by atoms with E-state index in [1.165, 1.54) is 5.56 Å². The Bertz CT molecular complexity index is 1070. The fourth-order valence-corrected chi connectivity index (χ4v) is 2.94. The van der Waals surface area contributed by atoms with E-state index in [0.29, 0.717) is 0 Å². The fraction of sp³-hybridized carbons (Fsp3) is 0.0952. The molecule has 26 heavy (non-hydrogen) atoms. The Morgan fingerprint density at radius 2 is 2.00 bits per heavy atom. The number of fused-ring (bicyclic) bond motifs is 1. The predicted octanol–water partition coefficient (Wildman–Crippen LogP) is 4.67. The number of aromatic amines is 1. The van der Waals surface area contributed by atoms with Crippen LogP contribution in [0.15, 0.2) is 67.8 Å². The number of pyridine rings is 2. The first-order valence-corrected chi connectivity index (χ1v) is 8.53. The lowest BCUT2D eigenvalue weighted by molar-refractivity contribution is 1.09. The van der Waals surface area contributed by atoms with Gasteiger partial charge in [0.1, 0.15) is 5.69 Å². The molecule has 3 heterocycles. The van der Waals surface area contributed by atoms with Crippen molar-refractivity contribution in [2.75, 3.05) is 5.32 Å². The molecule has 0 spiro atoms. The largest absolute Gasteiger partial charge is 0.353 e. The maximum absolute atomic E-state index is 4.45. The van der Waals surface area contributed by atoms with Crippen LogP contribution in [0.25, 0.3) is 27.7 Å². The third-order valence-corrected chi connectivity index (χ3v) is 4.34. The molecule has 0 fully saturated rings. The molecule has 0 saturated carbocycles. The van der Waals surface area contributed by atoms with Gasteiger partial charge in [-0.05, 0) is 41.8 Å². The van der Waals surface area contributed by atoms with Gasteiger partial charge >= 0.3 is 0 Å². The maximum atomic E-state index is 4.45. The minimum absolute atomic E-state index is 0.731. The fourth-order valence-electron chi connectivity index (χ4n) is 2.94. The van der Waals surface area contributed by atoms with Crippen molar-refractivity contribution < 1.29 is 0 Å². The molecule has 3 aromatic heterocycles. The number of rotatable bonds is 5. The van der Waals surface area contributed by atoms with Crippen LogP contribution in [0.1, 0.15) is 18.2 Å². The molecule has 0 aliphatic carbocycles. The van der Waals surface area contributed by atoms with Crippen molar-refractivity contribution in [1.82, 2.24) is 20.2 Å². The zero-order valence-corrected chi connectivity index (χ0v) is 14.5. The lowest BCUT2D eigenvalue weighted by Gasteiger charge is -2.09. The summed E-state index contributed by atoms with van der Waals surface area (Å²) < 4.78 is 0. The smallest absolute Gasteiger partial charge is 0.116 e. The molecule has 0 aliphatic rings. The second-order valence-corrected chi connectivity index (χ2v) is 6.11. The topological polar surface area (TPSA) is 66.5 Å². The minimum atomic E-state index is 0.731. The highest BCUT2D eigenvalue weighted by Gasteiger charge is 2.11. The van der Waals surface area contributed by atoms with Crippen molar-refractivity contribution in [3.05, 3.63) is 79.0 Å². The molecule has 1 aromatic carbocycles. The Balaban J connectivity index is 1.68. The number of hydrogen-bond acceptors (Lipinski definition) is 4. The summed E-state index contributed by atoms with van der Waals surface area (Å²) in [5, 5.41) is 11.9. The van der Waals surface area contributed by atoms with Crippen molar-refractivity contribution >= 4 is 22.3 Å². The van der Waals surface area contributed by atoms with Crippen LogP contribution in [0.3, 0.4) is 0 Å². The molecular weight excluding hydrogens is 322 g/mol. The number of nitrogens with one attached hydrogen (secondary N) is 2. The standard InChI is InChI=1S/C21H19N5/c1-3-15-9-18(13-23-11-15)24-14(2)21-19-10-16(6-7-20(19)25-26-21)17-5-4-8-22-12-17/h4-13,24H,2-3H2,1H3,(H,25,26). The van der Waals surface area contributed by atoms with E-state index >= 15 is 0 Å². The summed E-state index contributed by atoms with van der Waals surface area (Å²) in [4.78, 5) is 8.47. The first kappa shape index (κ1) is 16.0. The lowest BCUT2D eigenvalue weighted by atomic mass is 10.0. The highest BCUT2D eigenvalue weighted by atomic mass is 15.1. The molecule has 0 saturated heterocycles. The Labute approximate surface area is 151 Å². The minimum Gasteiger partial charge on any atom is -0.353 e. The van der Waals surface area contributed by atoms with E-state index in [2.05, 4.69) is 57.2 Å². The highest BCUT2D eigenvalue weighted by Crippen LogP contribution is 2.28. The molecule has 4 rings (SSSR count). The Kier molecular flexibility index (Phi) is 4.19. The van der Waals surface area contributed by atoms with Crippen LogP contribution in [0.2, 0.25) is 0 Å². The Hall–Kier alpha value is -3.47. The summed E-state index contributed by atoms with van der Waals surface area (Å²) in [5.41, 5.74) is 6.75. The normalized spacial score (nSPS) is 10.8.